The van der Waals surface area contributed by atoms with Crippen molar-refractivity contribution < 1.29 is 4.79 Å². The third-order valence-corrected chi connectivity index (χ3v) is 3.77. The van der Waals surface area contributed by atoms with E-state index in [2.05, 4.69) is 39.8 Å². The molecule has 100 valence electrons. The molecule has 1 rings (SSSR count). The zero-order valence-electron chi connectivity index (χ0n) is 11.0. The number of aryl methyl sites for hydroxylation is 1. The first kappa shape index (κ1) is 15.2. The van der Waals surface area contributed by atoms with E-state index in [0.717, 1.165) is 28.5 Å². The van der Waals surface area contributed by atoms with Crippen LogP contribution < -0.4 is 10.9 Å². The highest BCUT2D eigenvalue weighted by Gasteiger charge is 2.14. The molecule has 2 N–H and O–H groups in total. The number of aromatic nitrogens is 1. The maximum atomic E-state index is 11.9. The van der Waals surface area contributed by atoms with E-state index in [0.29, 0.717) is 0 Å². The molecule has 0 bridgehead atoms. The van der Waals surface area contributed by atoms with Crippen molar-refractivity contribution in [2.75, 3.05) is 0 Å². The molecule has 5 heteroatoms. The van der Waals surface area contributed by atoms with E-state index in [1.165, 1.54) is 0 Å². The fraction of sp³-hybridized carbons (Fsp3) is 0.538. The van der Waals surface area contributed by atoms with Gasteiger partial charge >= 0.3 is 0 Å². The molecule has 18 heavy (non-hydrogen) atoms. The van der Waals surface area contributed by atoms with Crippen molar-refractivity contribution in [1.29, 1.82) is 0 Å². The third-order valence-electron chi connectivity index (χ3n) is 2.80. The fourth-order valence-corrected chi connectivity index (χ4v) is 2.26. The summed E-state index contributed by atoms with van der Waals surface area (Å²) in [5.41, 5.74) is 0.794. The van der Waals surface area contributed by atoms with Crippen LogP contribution in [0.3, 0.4) is 0 Å². The van der Waals surface area contributed by atoms with Crippen LogP contribution in [-0.2, 0) is 6.42 Å². The van der Waals surface area contributed by atoms with E-state index in [1.54, 1.807) is 6.07 Å². The number of carbonyl (C=O) groups is 1. The number of aromatic amines is 1. The number of pyridine rings is 1. The maximum absolute atomic E-state index is 11.9. The Labute approximate surface area is 121 Å². The Morgan fingerprint density at radius 1 is 1.50 bits per heavy atom. The van der Waals surface area contributed by atoms with Gasteiger partial charge in [-0.15, -0.1) is 0 Å². The molecular formula is C13H19IN2O2. The van der Waals surface area contributed by atoms with Crippen LogP contribution in [-0.4, -0.2) is 16.9 Å². The molecule has 0 spiro atoms. The second-order valence-electron chi connectivity index (χ2n) is 4.37. The monoisotopic (exact) mass is 362 g/mol. The molecule has 1 heterocycles. The molecule has 0 radical (unpaired) electrons. The van der Waals surface area contributed by atoms with Gasteiger partial charge in [0.1, 0.15) is 5.56 Å². The summed E-state index contributed by atoms with van der Waals surface area (Å²) < 4.78 is 0.934. The normalized spacial score (nSPS) is 12.2. The van der Waals surface area contributed by atoms with Crippen molar-refractivity contribution in [3.05, 3.63) is 31.2 Å². The molecule has 1 aromatic rings. The molecule has 0 saturated heterocycles. The van der Waals surface area contributed by atoms with E-state index in [1.807, 2.05) is 13.8 Å². The number of nitrogens with one attached hydrogen (secondary N) is 2. The molecule has 0 unspecified atom stereocenters. The van der Waals surface area contributed by atoms with Crippen molar-refractivity contribution in [2.24, 2.45) is 0 Å². The molecule has 1 atom stereocenters. The molecular weight excluding hydrogens is 343 g/mol. The van der Waals surface area contributed by atoms with E-state index in [4.69, 9.17) is 0 Å². The minimum absolute atomic E-state index is 0.0740. The predicted molar refractivity (Wildman–Crippen MR) is 81.0 cm³/mol. The standard InChI is InChI=1S/C13H19IN2O2/c1-4-6-11-10(14)7-9(13(18)16-11)12(17)15-8(3)5-2/h7-8H,4-6H2,1-3H3,(H,15,17)(H,16,18)/t8-/m0/s1. The lowest BCUT2D eigenvalue weighted by Crippen LogP contribution is -2.35. The van der Waals surface area contributed by atoms with Crippen LogP contribution in [0.4, 0.5) is 0 Å². The van der Waals surface area contributed by atoms with Gasteiger partial charge in [0.15, 0.2) is 0 Å². The molecule has 0 aliphatic rings. The van der Waals surface area contributed by atoms with E-state index < -0.39 is 0 Å². The molecule has 0 aliphatic heterocycles. The molecule has 0 saturated carbocycles. The molecule has 4 nitrogen and oxygen atoms in total. The summed E-state index contributed by atoms with van der Waals surface area (Å²) >= 11 is 2.15. The first-order valence-electron chi connectivity index (χ1n) is 6.22. The summed E-state index contributed by atoms with van der Waals surface area (Å²) in [5.74, 6) is -0.299. The van der Waals surface area contributed by atoms with Crippen LogP contribution in [0.15, 0.2) is 10.9 Å². The van der Waals surface area contributed by atoms with Gasteiger partial charge in [-0.05, 0) is 48.4 Å². The van der Waals surface area contributed by atoms with Crippen LogP contribution in [0.5, 0.6) is 0 Å². The largest absolute Gasteiger partial charge is 0.349 e. The topological polar surface area (TPSA) is 62.0 Å². The first-order valence-corrected chi connectivity index (χ1v) is 7.30. The van der Waals surface area contributed by atoms with Crippen LogP contribution in [0.1, 0.15) is 49.7 Å². The quantitative estimate of drug-likeness (QED) is 0.791. The van der Waals surface area contributed by atoms with Gasteiger partial charge in [0.25, 0.3) is 11.5 Å². The Bertz CT molecular complexity index is 482. The van der Waals surface area contributed by atoms with Crippen molar-refractivity contribution in [2.45, 2.75) is 46.1 Å². The maximum Gasteiger partial charge on any atom is 0.261 e. The summed E-state index contributed by atoms with van der Waals surface area (Å²) in [5, 5.41) is 2.80. The summed E-state index contributed by atoms with van der Waals surface area (Å²) in [4.78, 5) is 26.6. The van der Waals surface area contributed by atoms with Gasteiger partial charge in [-0.2, -0.15) is 0 Å². The Hall–Kier alpha value is -0.850. The number of amides is 1. The summed E-state index contributed by atoms with van der Waals surface area (Å²) in [6.45, 7) is 5.96. The number of halogens is 1. The molecule has 0 aromatic carbocycles. The van der Waals surface area contributed by atoms with Crippen LogP contribution in [0.25, 0.3) is 0 Å². The molecule has 0 fully saturated rings. The molecule has 1 amide bonds. The predicted octanol–water partition coefficient (Wildman–Crippen LogP) is 2.46. The lowest BCUT2D eigenvalue weighted by Gasteiger charge is -2.11. The minimum atomic E-state index is -0.306. The van der Waals surface area contributed by atoms with Gasteiger partial charge in [-0.1, -0.05) is 20.3 Å². The lowest BCUT2D eigenvalue weighted by molar-refractivity contribution is 0.0937. The first-order chi connectivity index (χ1) is 8.49. The van der Waals surface area contributed by atoms with Gasteiger partial charge in [0.2, 0.25) is 0 Å². The highest BCUT2D eigenvalue weighted by atomic mass is 127. The van der Waals surface area contributed by atoms with Crippen molar-refractivity contribution in [3.8, 4) is 0 Å². The van der Waals surface area contributed by atoms with E-state index in [-0.39, 0.29) is 23.1 Å². The Morgan fingerprint density at radius 2 is 2.17 bits per heavy atom. The van der Waals surface area contributed by atoms with Gasteiger partial charge in [0, 0.05) is 15.3 Å². The highest BCUT2D eigenvalue weighted by molar-refractivity contribution is 14.1. The summed E-state index contributed by atoms with van der Waals surface area (Å²) in [6, 6.07) is 1.74. The number of hydrogen-bond donors (Lipinski definition) is 2. The average molecular weight is 362 g/mol. The van der Waals surface area contributed by atoms with Crippen molar-refractivity contribution >= 4 is 28.5 Å². The van der Waals surface area contributed by atoms with Crippen LogP contribution in [0.2, 0.25) is 0 Å². The Balaban J connectivity index is 3.00. The smallest absolute Gasteiger partial charge is 0.261 e. The minimum Gasteiger partial charge on any atom is -0.349 e. The zero-order valence-corrected chi connectivity index (χ0v) is 13.1. The fourth-order valence-electron chi connectivity index (χ4n) is 1.55. The van der Waals surface area contributed by atoms with Crippen LogP contribution in [0, 0.1) is 3.57 Å². The SMILES string of the molecule is CCCc1[nH]c(=O)c(C(=O)N[C@@H](C)CC)cc1I. The Morgan fingerprint density at radius 3 is 2.72 bits per heavy atom. The van der Waals surface area contributed by atoms with Gasteiger partial charge in [0.05, 0.1) is 0 Å². The second kappa shape index (κ2) is 6.92. The van der Waals surface area contributed by atoms with Crippen molar-refractivity contribution in [1.82, 2.24) is 10.3 Å². The van der Waals surface area contributed by atoms with E-state index in [9.17, 15) is 9.59 Å². The number of hydrogen-bond acceptors (Lipinski definition) is 2. The van der Waals surface area contributed by atoms with Gasteiger partial charge in [-0.25, -0.2) is 0 Å². The van der Waals surface area contributed by atoms with Gasteiger partial charge in [-0.3, -0.25) is 9.59 Å². The Kier molecular flexibility index (Phi) is 5.84. The average Bonchev–Trinajstić information content (AvgIpc) is 2.33. The third kappa shape index (κ3) is 3.83. The summed E-state index contributed by atoms with van der Waals surface area (Å²) in [6.07, 6.45) is 2.62. The van der Waals surface area contributed by atoms with E-state index >= 15 is 0 Å². The number of rotatable bonds is 5. The highest BCUT2D eigenvalue weighted by Crippen LogP contribution is 2.11. The molecule has 1 aromatic heterocycles. The molecule has 0 aliphatic carbocycles. The van der Waals surface area contributed by atoms with Crippen LogP contribution >= 0.6 is 22.6 Å². The zero-order chi connectivity index (χ0) is 13.7. The number of carbonyl (C=O) groups excluding carboxylic acids is 1. The van der Waals surface area contributed by atoms with Gasteiger partial charge < -0.3 is 10.3 Å². The number of H-pyrrole nitrogens is 1. The van der Waals surface area contributed by atoms with Crippen molar-refractivity contribution in [3.63, 3.8) is 0 Å². The second-order valence-corrected chi connectivity index (χ2v) is 5.53. The summed E-state index contributed by atoms with van der Waals surface area (Å²) in [7, 11) is 0. The lowest BCUT2D eigenvalue weighted by atomic mass is 10.1.